The average Bonchev–Trinajstić information content (AvgIpc) is 2.82. The Kier molecular flexibility index (Phi) is 3.81. The molecule has 0 unspecified atom stereocenters. The summed E-state index contributed by atoms with van der Waals surface area (Å²) < 4.78 is 0. The molecule has 0 atom stereocenters. The Morgan fingerprint density at radius 2 is 1.71 bits per heavy atom. The molecule has 1 aromatic rings. The molecule has 2 aliphatic rings. The molecular formula is C16H17O. The highest BCUT2D eigenvalue weighted by Crippen LogP contribution is 2.51. The molecule has 1 aromatic carbocycles. The summed E-state index contributed by atoms with van der Waals surface area (Å²) in [7, 11) is 0. The predicted octanol–water partition coefficient (Wildman–Crippen LogP) is 4.20. The molecule has 1 heteroatoms. The fourth-order valence-corrected chi connectivity index (χ4v) is 1.78. The van der Waals surface area contributed by atoms with Crippen LogP contribution in [-0.4, -0.2) is 5.11 Å². The maximum absolute atomic E-state index is 9.06. The van der Waals surface area contributed by atoms with Crippen LogP contribution in [0.15, 0.2) is 42.5 Å². The molecule has 0 fully saturated rings. The predicted molar refractivity (Wildman–Crippen MR) is 71.0 cm³/mol. The number of hydrogen-bond donors (Lipinski definition) is 1. The largest absolute Gasteiger partial charge is 0.507 e. The molecule has 0 spiro atoms. The Bertz CT molecular complexity index is 424. The molecule has 1 N–H and O–H groups in total. The third-order valence-electron chi connectivity index (χ3n) is 2.82. The van der Waals surface area contributed by atoms with E-state index in [1.807, 2.05) is 30.3 Å². The number of unbranched alkanes of at least 4 members (excludes halogenated alkanes) is 1. The Morgan fingerprint density at radius 3 is 2.12 bits per heavy atom. The summed E-state index contributed by atoms with van der Waals surface area (Å²) in [6, 6.07) is 16.7. The van der Waals surface area contributed by atoms with Crippen molar-refractivity contribution in [3.05, 3.63) is 54.1 Å². The zero-order valence-corrected chi connectivity index (χ0v) is 10.1. The maximum atomic E-state index is 9.06. The molecule has 0 heterocycles. The Labute approximate surface area is 103 Å². The third-order valence-corrected chi connectivity index (χ3v) is 2.82. The highest BCUT2D eigenvalue weighted by atomic mass is 16.3. The average molecular weight is 225 g/mol. The van der Waals surface area contributed by atoms with Gasteiger partial charge in [-0.05, 0) is 36.6 Å². The molecule has 1 radical (unpaired) electrons. The molecule has 3 rings (SSSR count). The lowest BCUT2D eigenvalue weighted by Gasteiger charge is -1.92. The molecule has 0 aromatic heterocycles. The summed E-state index contributed by atoms with van der Waals surface area (Å²) in [6.45, 7) is 2.19. The number of hydrogen-bond acceptors (Lipinski definition) is 1. The number of aromatic hydroxyl groups is 1. The van der Waals surface area contributed by atoms with Crippen LogP contribution in [0.2, 0.25) is 0 Å². The van der Waals surface area contributed by atoms with Crippen LogP contribution in [0.1, 0.15) is 25.3 Å². The molecular weight excluding hydrogens is 208 g/mol. The van der Waals surface area contributed by atoms with Gasteiger partial charge in [0.05, 0.1) is 0 Å². The van der Waals surface area contributed by atoms with E-state index in [0.29, 0.717) is 5.75 Å². The first-order chi connectivity index (χ1) is 8.33. The second-order valence-corrected chi connectivity index (χ2v) is 4.22. The van der Waals surface area contributed by atoms with E-state index in [2.05, 4.69) is 25.1 Å². The highest BCUT2D eigenvalue weighted by molar-refractivity contribution is 5.95. The van der Waals surface area contributed by atoms with Crippen LogP contribution >= 0.6 is 0 Å². The Hall–Kier alpha value is -1.76. The maximum Gasteiger partial charge on any atom is 0.131 e. The van der Waals surface area contributed by atoms with E-state index in [0.717, 1.165) is 17.5 Å². The van der Waals surface area contributed by atoms with Crippen molar-refractivity contribution in [2.45, 2.75) is 26.2 Å². The molecule has 0 aliphatic heterocycles. The van der Waals surface area contributed by atoms with E-state index in [9.17, 15) is 0 Å². The minimum Gasteiger partial charge on any atom is -0.507 e. The van der Waals surface area contributed by atoms with Gasteiger partial charge in [0.1, 0.15) is 5.75 Å². The first-order valence-corrected chi connectivity index (χ1v) is 6.10. The SMILES string of the molecule is CCCCc1cc2c(O)c-2c1.[c]1ccccc1. The topological polar surface area (TPSA) is 20.2 Å². The quantitative estimate of drug-likeness (QED) is 0.708. The first-order valence-electron chi connectivity index (χ1n) is 6.10. The van der Waals surface area contributed by atoms with E-state index in [4.69, 9.17) is 5.11 Å². The van der Waals surface area contributed by atoms with E-state index in [-0.39, 0.29) is 0 Å². The van der Waals surface area contributed by atoms with Crippen molar-refractivity contribution < 1.29 is 5.11 Å². The van der Waals surface area contributed by atoms with Crippen LogP contribution in [0.4, 0.5) is 0 Å². The van der Waals surface area contributed by atoms with Crippen molar-refractivity contribution in [3.8, 4) is 16.9 Å². The first kappa shape index (κ1) is 11.7. The molecule has 87 valence electrons. The summed E-state index contributed by atoms with van der Waals surface area (Å²) in [5.41, 5.74) is 3.54. The lowest BCUT2D eigenvalue weighted by molar-refractivity contribution is 0.494. The van der Waals surface area contributed by atoms with Crippen LogP contribution in [0.5, 0.6) is 5.75 Å². The minimum absolute atomic E-state index is 0.519. The molecule has 0 amide bonds. The monoisotopic (exact) mass is 225 g/mol. The van der Waals surface area contributed by atoms with Gasteiger partial charge in [0.15, 0.2) is 0 Å². The lowest BCUT2D eigenvalue weighted by Crippen LogP contribution is -1.78. The molecule has 17 heavy (non-hydrogen) atoms. The zero-order chi connectivity index (χ0) is 12.1. The summed E-state index contributed by atoms with van der Waals surface area (Å²) >= 11 is 0. The molecule has 0 saturated heterocycles. The van der Waals surface area contributed by atoms with Crippen LogP contribution in [0.25, 0.3) is 11.1 Å². The molecule has 0 saturated carbocycles. The van der Waals surface area contributed by atoms with Crippen molar-refractivity contribution >= 4 is 0 Å². The van der Waals surface area contributed by atoms with Gasteiger partial charge in [-0.15, -0.1) is 0 Å². The Balaban J connectivity index is 0.000000153. The minimum atomic E-state index is 0.519. The second-order valence-electron chi connectivity index (χ2n) is 4.22. The van der Waals surface area contributed by atoms with Gasteiger partial charge in [-0.3, -0.25) is 0 Å². The lowest BCUT2D eigenvalue weighted by atomic mass is 10.1. The third kappa shape index (κ3) is 3.10. The van der Waals surface area contributed by atoms with Crippen LogP contribution < -0.4 is 0 Å². The fraction of sp³-hybridized carbons (Fsp3) is 0.250. The highest BCUT2D eigenvalue weighted by Gasteiger charge is 2.24. The molecule has 2 aliphatic carbocycles. The number of phenolic OH excluding ortho intramolecular Hbond substituents is 1. The van der Waals surface area contributed by atoms with Crippen LogP contribution in [0, 0.1) is 6.07 Å². The van der Waals surface area contributed by atoms with Gasteiger partial charge in [-0.2, -0.15) is 0 Å². The second kappa shape index (κ2) is 5.53. The van der Waals surface area contributed by atoms with Gasteiger partial charge in [-0.1, -0.05) is 43.7 Å². The smallest absolute Gasteiger partial charge is 0.131 e. The van der Waals surface area contributed by atoms with Gasteiger partial charge in [0.25, 0.3) is 0 Å². The summed E-state index contributed by atoms with van der Waals surface area (Å²) in [5.74, 6) is 0.519. The van der Waals surface area contributed by atoms with Gasteiger partial charge < -0.3 is 5.11 Å². The number of phenols is 1. The number of benzene rings is 2. The van der Waals surface area contributed by atoms with Gasteiger partial charge >= 0.3 is 0 Å². The Morgan fingerprint density at radius 1 is 1.06 bits per heavy atom. The van der Waals surface area contributed by atoms with Crippen molar-refractivity contribution in [1.29, 1.82) is 0 Å². The number of rotatable bonds is 3. The van der Waals surface area contributed by atoms with Crippen LogP contribution in [0.3, 0.4) is 0 Å². The van der Waals surface area contributed by atoms with E-state index < -0.39 is 0 Å². The van der Waals surface area contributed by atoms with Gasteiger partial charge in [0.2, 0.25) is 0 Å². The summed E-state index contributed by atoms with van der Waals surface area (Å²) in [5, 5.41) is 9.06. The van der Waals surface area contributed by atoms with E-state index in [1.54, 1.807) is 0 Å². The van der Waals surface area contributed by atoms with Crippen molar-refractivity contribution in [1.82, 2.24) is 0 Å². The fourth-order valence-electron chi connectivity index (χ4n) is 1.78. The van der Waals surface area contributed by atoms with E-state index in [1.165, 1.54) is 18.4 Å². The van der Waals surface area contributed by atoms with Crippen molar-refractivity contribution in [2.24, 2.45) is 0 Å². The van der Waals surface area contributed by atoms with Gasteiger partial charge in [-0.25, -0.2) is 0 Å². The van der Waals surface area contributed by atoms with E-state index >= 15 is 0 Å². The molecule has 0 bridgehead atoms. The standard InChI is InChI=1S/C10H12O.C6H5/c1-2-3-4-7-5-8-9(6-7)10(8)11;1-2-4-6-5-3-1/h5-6,11H,2-4H2,1H3;1-5H. The van der Waals surface area contributed by atoms with Gasteiger partial charge in [0, 0.05) is 11.1 Å². The number of aryl methyl sites for hydroxylation is 1. The zero-order valence-electron chi connectivity index (χ0n) is 10.1. The summed E-state index contributed by atoms with van der Waals surface area (Å²) in [4.78, 5) is 0. The number of fused-ring (bicyclic) bond motifs is 1. The normalized spacial score (nSPS) is 10.4. The van der Waals surface area contributed by atoms with Crippen LogP contribution in [-0.2, 0) is 6.42 Å². The van der Waals surface area contributed by atoms with Crippen molar-refractivity contribution in [3.63, 3.8) is 0 Å². The van der Waals surface area contributed by atoms with Crippen molar-refractivity contribution in [2.75, 3.05) is 0 Å². The summed E-state index contributed by atoms with van der Waals surface area (Å²) in [6.07, 6.45) is 3.66. The molecule has 1 nitrogen and oxygen atoms in total.